The van der Waals surface area contributed by atoms with Gasteiger partial charge in [0.1, 0.15) is 19.1 Å². The van der Waals surface area contributed by atoms with Crippen molar-refractivity contribution in [2.45, 2.75) is 31.8 Å². The molecule has 0 unspecified atom stereocenters. The van der Waals surface area contributed by atoms with Crippen molar-refractivity contribution < 1.29 is 9.47 Å². The van der Waals surface area contributed by atoms with Crippen LogP contribution in [0.4, 0.5) is 0 Å². The van der Waals surface area contributed by atoms with Crippen LogP contribution in [0.5, 0.6) is 0 Å². The normalized spacial score (nSPS) is 21.9. The maximum absolute atomic E-state index is 5.85. The summed E-state index contributed by atoms with van der Waals surface area (Å²) in [6, 6.07) is 21.2. The lowest BCUT2D eigenvalue weighted by molar-refractivity contribution is 0.285. The van der Waals surface area contributed by atoms with Crippen LogP contribution in [0.15, 0.2) is 70.6 Å². The van der Waals surface area contributed by atoms with Crippen LogP contribution in [0.25, 0.3) is 0 Å². The summed E-state index contributed by atoms with van der Waals surface area (Å²) in [5.74, 6) is 1.49. The molecule has 2 heterocycles. The molecule has 2 atom stereocenters. The van der Waals surface area contributed by atoms with Crippen LogP contribution in [-0.2, 0) is 22.3 Å². The van der Waals surface area contributed by atoms with Crippen molar-refractivity contribution in [2.75, 3.05) is 13.2 Å². The second-order valence-corrected chi connectivity index (χ2v) is 6.97. The fourth-order valence-electron chi connectivity index (χ4n) is 3.43. The monoisotopic (exact) mass is 348 g/mol. The van der Waals surface area contributed by atoms with E-state index in [2.05, 4.69) is 55.5 Å². The highest BCUT2D eigenvalue weighted by Gasteiger charge is 2.31. The van der Waals surface area contributed by atoms with E-state index in [1.807, 2.05) is 12.1 Å². The Morgan fingerprint density at radius 1 is 0.769 bits per heavy atom. The van der Waals surface area contributed by atoms with Crippen LogP contribution in [0.1, 0.15) is 18.1 Å². The van der Waals surface area contributed by atoms with Crippen LogP contribution >= 0.6 is 0 Å². The molecule has 2 aliphatic heterocycles. The molecule has 26 heavy (non-hydrogen) atoms. The Morgan fingerprint density at radius 3 is 1.62 bits per heavy atom. The Balaban J connectivity index is 1.37. The zero-order valence-electron chi connectivity index (χ0n) is 15.0. The minimum absolute atomic E-state index is 0.0171. The van der Waals surface area contributed by atoms with Gasteiger partial charge in [0.2, 0.25) is 0 Å². The summed E-state index contributed by atoms with van der Waals surface area (Å²) in [6.45, 7) is 3.33. The van der Waals surface area contributed by atoms with Gasteiger partial charge in [-0.05, 0) is 30.9 Å². The molecule has 0 N–H and O–H groups in total. The molecule has 4 nitrogen and oxygen atoms in total. The van der Waals surface area contributed by atoms with Gasteiger partial charge in [0.05, 0.1) is 12.1 Å². The van der Waals surface area contributed by atoms with Gasteiger partial charge in [-0.3, -0.25) is 0 Å². The van der Waals surface area contributed by atoms with E-state index in [1.54, 1.807) is 0 Å². The highest BCUT2D eigenvalue weighted by molar-refractivity contribution is 6.01. The first-order valence-corrected chi connectivity index (χ1v) is 9.27. The molecule has 0 radical (unpaired) electrons. The Labute approximate surface area is 154 Å². The molecule has 134 valence electrons. The van der Waals surface area contributed by atoms with E-state index in [4.69, 9.17) is 19.5 Å². The van der Waals surface area contributed by atoms with Crippen molar-refractivity contribution in [3.05, 3.63) is 71.8 Å². The van der Waals surface area contributed by atoms with Crippen LogP contribution in [0, 0.1) is 5.92 Å². The third-order valence-corrected chi connectivity index (χ3v) is 4.84. The van der Waals surface area contributed by atoms with Crippen LogP contribution < -0.4 is 0 Å². The van der Waals surface area contributed by atoms with E-state index < -0.39 is 0 Å². The van der Waals surface area contributed by atoms with Crippen LogP contribution in [-0.4, -0.2) is 37.1 Å². The molecule has 4 heteroatoms. The van der Waals surface area contributed by atoms with Gasteiger partial charge in [-0.25, -0.2) is 9.98 Å². The highest BCUT2D eigenvalue weighted by atomic mass is 16.5. The second-order valence-electron chi connectivity index (χ2n) is 6.97. The fraction of sp³-hybridized carbons (Fsp3) is 0.364. The maximum Gasteiger partial charge on any atom is 0.196 e. The third-order valence-electron chi connectivity index (χ3n) is 4.84. The highest BCUT2D eigenvalue weighted by Crippen LogP contribution is 2.21. The zero-order valence-corrected chi connectivity index (χ0v) is 15.0. The molecule has 4 rings (SSSR count). The lowest BCUT2D eigenvalue weighted by atomic mass is 10.1. The van der Waals surface area contributed by atoms with E-state index >= 15 is 0 Å². The Morgan fingerprint density at radius 2 is 1.19 bits per heavy atom. The summed E-state index contributed by atoms with van der Waals surface area (Å²) in [4.78, 5) is 9.54. The molecule has 0 aromatic heterocycles. The van der Waals surface area contributed by atoms with E-state index in [-0.39, 0.29) is 18.0 Å². The number of hydrogen-bond acceptors (Lipinski definition) is 4. The lowest BCUT2D eigenvalue weighted by Crippen LogP contribution is -2.21. The number of ether oxygens (including phenoxy) is 2. The SMILES string of the molecule is CC(C1=N[C@H](Cc2ccccc2)CO1)C1=N[C@H](Cc2ccccc2)CO1. The summed E-state index contributed by atoms with van der Waals surface area (Å²) >= 11 is 0. The molecule has 2 aromatic rings. The molecule has 0 aliphatic carbocycles. The summed E-state index contributed by atoms with van der Waals surface area (Å²) in [7, 11) is 0. The Kier molecular flexibility index (Phi) is 5.00. The zero-order chi connectivity index (χ0) is 17.8. The van der Waals surface area contributed by atoms with Crippen molar-refractivity contribution in [1.29, 1.82) is 0 Å². The lowest BCUT2D eigenvalue weighted by Gasteiger charge is -2.10. The topological polar surface area (TPSA) is 43.2 Å². The predicted octanol–water partition coefficient (Wildman–Crippen LogP) is 3.70. The van der Waals surface area contributed by atoms with Crippen LogP contribution in [0.2, 0.25) is 0 Å². The third kappa shape index (κ3) is 3.96. The van der Waals surface area contributed by atoms with Crippen molar-refractivity contribution in [2.24, 2.45) is 15.9 Å². The van der Waals surface area contributed by atoms with E-state index in [0.29, 0.717) is 13.2 Å². The summed E-state index contributed by atoms with van der Waals surface area (Å²) in [5.41, 5.74) is 2.58. The second kappa shape index (κ2) is 7.73. The Bertz CT molecular complexity index is 719. The number of hydrogen-bond donors (Lipinski definition) is 0. The molecule has 0 saturated carbocycles. The van der Waals surface area contributed by atoms with Gasteiger partial charge in [0, 0.05) is 0 Å². The molecule has 0 amide bonds. The van der Waals surface area contributed by atoms with Crippen molar-refractivity contribution >= 4 is 11.8 Å². The average Bonchev–Trinajstić information content (AvgIpc) is 3.33. The first-order valence-electron chi connectivity index (χ1n) is 9.27. The van der Waals surface area contributed by atoms with Gasteiger partial charge >= 0.3 is 0 Å². The molecule has 0 bridgehead atoms. The molecule has 2 aliphatic rings. The standard InChI is InChI=1S/C22H24N2O2/c1-16(21-23-19(14-25-21)12-17-8-4-2-5-9-17)22-24-20(15-26-22)13-18-10-6-3-7-11-18/h2-11,16,19-20H,12-15H2,1H3/t19-,20-/m1/s1. The summed E-state index contributed by atoms with van der Waals surface area (Å²) in [5, 5.41) is 0. The van der Waals surface area contributed by atoms with E-state index in [0.717, 1.165) is 24.6 Å². The molecular formula is C22H24N2O2. The van der Waals surface area contributed by atoms with Gasteiger partial charge in [0.25, 0.3) is 0 Å². The van der Waals surface area contributed by atoms with Gasteiger partial charge in [0.15, 0.2) is 11.8 Å². The van der Waals surface area contributed by atoms with E-state index in [9.17, 15) is 0 Å². The first-order chi connectivity index (χ1) is 12.8. The summed E-state index contributed by atoms with van der Waals surface area (Å²) in [6.07, 6.45) is 1.81. The summed E-state index contributed by atoms with van der Waals surface area (Å²) < 4.78 is 11.7. The van der Waals surface area contributed by atoms with Gasteiger partial charge in [-0.1, -0.05) is 60.7 Å². The minimum Gasteiger partial charge on any atom is -0.478 e. The van der Waals surface area contributed by atoms with Gasteiger partial charge < -0.3 is 9.47 Å². The van der Waals surface area contributed by atoms with Crippen molar-refractivity contribution in [3.8, 4) is 0 Å². The minimum atomic E-state index is -0.0171. The number of benzene rings is 2. The number of nitrogens with zero attached hydrogens (tertiary/aromatic N) is 2. The smallest absolute Gasteiger partial charge is 0.196 e. The van der Waals surface area contributed by atoms with Crippen LogP contribution in [0.3, 0.4) is 0 Å². The number of aliphatic imine (C=N–C) groups is 2. The molecule has 2 aromatic carbocycles. The average molecular weight is 348 g/mol. The van der Waals surface area contributed by atoms with Crippen molar-refractivity contribution in [3.63, 3.8) is 0 Å². The van der Waals surface area contributed by atoms with Crippen molar-refractivity contribution in [1.82, 2.24) is 0 Å². The Hall–Kier alpha value is -2.62. The largest absolute Gasteiger partial charge is 0.478 e. The quantitative estimate of drug-likeness (QED) is 0.799. The molecule has 0 saturated heterocycles. The number of rotatable bonds is 6. The van der Waals surface area contributed by atoms with Gasteiger partial charge in [-0.15, -0.1) is 0 Å². The fourth-order valence-corrected chi connectivity index (χ4v) is 3.43. The first kappa shape index (κ1) is 16.8. The molecule has 0 spiro atoms. The molecular weight excluding hydrogens is 324 g/mol. The van der Waals surface area contributed by atoms with E-state index in [1.165, 1.54) is 11.1 Å². The molecule has 0 fully saturated rings. The predicted molar refractivity (Wildman–Crippen MR) is 104 cm³/mol. The maximum atomic E-state index is 5.85. The van der Waals surface area contributed by atoms with Gasteiger partial charge in [-0.2, -0.15) is 0 Å².